The van der Waals surface area contributed by atoms with E-state index in [0.717, 1.165) is 11.3 Å². The summed E-state index contributed by atoms with van der Waals surface area (Å²) in [4.78, 5) is 26.4. The zero-order valence-electron chi connectivity index (χ0n) is 17.7. The first kappa shape index (κ1) is 20.8. The Hall–Kier alpha value is -2.90. The Bertz CT molecular complexity index is 892. The van der Waals surface area contributed by atoms with Crippen LogP contribution in [-0.2, 0) is 4.74 Å². The SMILES string of the molecule is Cc1ccc(-n2cc(C(=O)N3CCC(NC(=O)OC(C)(C)C)CC3)nn2)cc1C. The number of piperidine rings is 1. The molecular formula is C21H29N5O3. The molecule has 156 valence electrons. The van der Waals surface area contributed by atoms with Crippen LogP contribution in [0.25, 0.3) is 5.69 Å². The maximum Gasteiger partial charge on any atom is 0.407 e. The summed E-state index contributed by atoms with van der Waals surface area (Å²) >= 11 is 0. The summed E-state index contributed by atoms with van der Waals surface area (Å²) in [5.41, 5.74) is 3.03. The molecule has 0 bridgehead atoms. The Kier molecular flexibility index (Phi) is 5.91. The Morgan fingerprint density at radius 3 is 2.45 bits per heavy atom. The lowest BCUT2D eigenvalue weighted by atomic mass is 10.0. The first-order chi connectivity index (χ1) is 13.6. The number of aryl methyl sites for hydroxylation is 2. The predicted octanol–water partition coefficient (Wildman–Crippen LogP) is 3.01. The molecule has 8 heteroatoms. The molecule has 0 radical (unpaired) electrons. The van der Waals surface area contributed by atoms with Crippen LogP contribution in [0.15, 0.2) is 24.4 Å². The lowest BCUT2D eigenvalue weighted by Gasteiger charge is -2.32. The van der Waals surface area contributed by atoms with E-state index in [1.54, 1.807) is 15.8 Å². The van der Waals surface area contributed by atoms with Gasteiger partial charge >= 0.3 is 6.09 Å². The van der Waals surface area contributed by atoms with E-state index in [-0.39, 0.29) is 11.9 Å². The Morgan fingerprint density at radius 1 is 1.14 bits per heavy atom. The Balaban J connectivity index is 1.56. The molecule has 29 heavy (non-hydrogen) atoms. The first-order valence-corrected chi connectivity index (χ1v) is 9.91. The molecule has 1 aliphatic rings. The molecule has 8 nitrogen and oxygen atoms in total. The van der Waals surface area contributed by atoms with E-state index in [1.165, 1.54) is 5.56 Å². The summed E-state index contributed by atoms with van der Waals surface area (Å²) in [6, 6.07) is 6.00. The summed E-state index contributed by atoms with van der Waals surface area (Å²) in [7, 11) is 0. The number of rotatable bonds is 3. The minimum atomic E-state index is -0.525. The number of alkyl carbamates (subject to hydrolysis) is 1. The van der Waals surface area contributed by atoms with Crippen molar-refractivity contribution >= 4 is 12.0 Å². The van der Waals surface area contributed by atoms with E-state index in [0.29, 0.717) is 31.6 Å². The first-order valence-electron chi connectivity index (χ1n) is 9.91. The van der Waals surface area contributed by atoms with Gasteiger partial charge in [-0.15, -0.1) is 5.10 Å². The lowest BCUT2D eigenvalue weighted by Crippen LogP contribution is -2.47. The number of carbonyl (C=O) groups is 2. The van der Waals surface area contributed by atoms with Gasteiger partial charge in [0.2, 0.25) is 0 Å². The zero-order valence-corrected chi connectivity index (χ0v) is 17.7. The van der Waals surface area contributed by atoms with Crippen LogP contribution in [0.3, 0.4) is 0 Å². The summed E-state index contributed by atoms with van der Waals surface area (Å²) in [6.45, 7) is 10.7. The van der Waals surface area contributed by atoms with Gasteiger partial charge in [0.15, 0.2) is 5.69 Å². The van der Waals surface area contributed by atoms with Gasteiger partial charge in [0.1, 0.15) is 5.60 Å². The van der Waals surface area contributed by atoms with Gasteiger partial charge in [-0.05, 0) is 70.7 Å². The van der Waals surface area contributed by atoms with Crippen LogP contribution in [0.5, 0.6) is 0 Å². The fourth-order valence-corrected chi connectivity index (χ4v) is 3.22. The van der Waals surface area contributed by atoms with Gasteiger partial charge in [0.05, 0.1) is 11.9 Å². The zero-order chi connectivity index (χ0) is 21.2. The molecule has 0 saturated carbocycles. The summed E-state index contributed by atoms with van der Waals surface area (Å²) < 4.78 is 6.91. The van der Waals surface area contributed by atoms with Crippen LogP contribution in [0.1, 0.15) is 55.2 Å². The molecule has 2 amide bonds. The number of hydrogen-bond acceptors (Lipinski definition) is 5. The highest BCUT2D eigenvalue weighted by atomic mass is 16.6. The molecule has 3 rings (SSSR count). The molecule has 0 unspecified atom stereocenters. The number of nitrogens with one attached hydrogen (secondary N) is 1. The molecule has 0 aliphatic carbocycles. The van der Waals surface area contributed by atoms with Crippen LogP contribution in [-0.4, -0.2) is 56.6 Å². The fourth-order valence-electron chi connectivity index (χ4n) is 3.22. The second-order valence-corrected chi connectivity index (χ2v) is 8.53. The van der Waals surface area contributed by atoms with Crippen molar-refractivity contribution in [3.63, 3.8) is 0 Å². The number of amides is 2. The van der Waals surface area contributed by atoms with Crippen LogP contribution in [0.4, 0.5) is 4.79 Å². The van der Waals surface area contributed by atoms with Crippen molar-refractivity contribution in [3.05, 3.63) is 41.2 Å². The van der Waals surface area contributed by atoms with E-state index in [2.05, 4.69) is 22.6 Å². The topological polar surface area (TPSA) is 89.4 Å². The third kappa shape index (κ3) is 5.34. The van der Waals surface area contributed by atoms with Gasteiger partial charge < -0.3 is 15.0 Å². The number of likely N-dealkylation sites (tertiary alicyclic amines) is 1. The van der Waals surface area contributed by atoms with Crippen LogP contribution in [0, 0.1) is 13.8 Å². The highest BCUT2D eigenvalue weighted by molar-refractivity contribution is 5.92. The van der Waals surface area contributed by atoms with Crippen molar-refractivity contribution in [2.45, 2.75) is 59.1 Å². The highest BCUT2D eigenvalue weighted by Crippen LogP contribution is 2.16. The average Bonchev–Trinajstić information content (AvgIpc) is 3.12. The molecule has 2 heterocycles. The second-order valence-electron chi connectivity index (χ2n) is 8.53. The Labute approximate surface area is 171 Å². The molecule has 1 saturated heterocycles. The van der Waals surface area contributed by atoms with E-state index in [9.17, 15) is 9.59 Å². The number of benzene rings is 1. The van der Waals surface area contributed by atoms with Gasteiger partial charge in [-0.3, -0.25) is 4.79 Å². The number of nitrogens with zero attached hydrogens (tertiary/aromatic N) is 4. The third-order valence-corrected chi connectivity index (χ3v) is 4.97. The molecule has 0 spiro atoms. The minimum absolute atomic E-state index is 0.000107. The standard InChI is InChI=1S/C21H29N5O3/c1-14-6-7-17(12-15(14)2)26-13-18(23-24-26)19(27)25-10-8-16(9-11-25)22-20(28)29-21(3,4)5/h6-7,12-13,16H,8-11H2,1-5H3,(H,22,28). The molecule has 1 aliphatic heterocycles. The van der Waals surface area contributed by atoms with E-state index in [4.69, 9.17) is 4.74 Å². The quantitative estimate of drug-likeness (QED) is 0.857. The van der Waals surface area contributed by atoms with Gasteiger partial charge in [-0.1, -0.05) is 11.3 Å². The average molecular weight is 399 g/mol. The number of hydrogen-bond donors (Lipinski definition) is 1. The maximum atomic E-state index is 12.8. The number of aromatic nitrogens is 3. The molecule has 1 fully saturated rings. The van der Waals surface area contributed by atoms with E-state index in [1.807, 2.05) is 45.9 Å². The number of ether oxygens (including phenoxy) is 1. The van der Waals surface area contributed by atoms with Crippen LogP contribution >= 0.6 is 0 Å². The fraction of sp³-hybridized carbons (Fsp3) is 0.524. The van der Waals surface area contributed by atoms with Crippen molar-refractivity contribution in [1.29, 1.82) is 0 Å². The molecular weight excluding hydrogens is 370 g/mol. The smallest absolute Gasteiger partial charge is 0.407 e. The predicted molar refractivity (Wildman–Crippen MR) is 109 cm³/mol. The van der Waals surface area contributed by atoms with Crippen LogP contribution < -0.4 is 5.32 Å². The monoisotopic (exact) mass is 399 g/mol. The molecule has 0 atom stereocenters. The van der Waals surface area contributed by atoms with E-state index < -0.39 is 11.7 Å². The highest BCUT2D eigenvalue weighted by Gasteiger charge is 2.27. The summed E-state index contributed by atoms with van der Waals surface area (Å²) in [6.07, 6.45) is 2.60. The Morgan fingerprint density at radius 2 is 1.83 bits per heavy atom. The number of carbonyl (C=O) groups excluding carboxylic acids is 2. The molecule has 1 N–H and O–H groups in total. The molecule has 1 aromatic carbocycles. The summed E-state index contributed by atoms with van der Waals surface area (Å²) in [5.74, 6) is -0.143. The van der Waals surface area contributed by atoms with Gasteiger partial charge in [0.25, 0.3) is 5.91 Å². The lowest BCUT2D eigenvalue weighted by molar-refractivity contribution is 0.0473. The third-order valence-electron chi connectivity index (χ3n) is 4.97. The van der Waals surface area contributed by atoms with Crippen molar-refractivity contribution in [3.8, 4) is 5.69 Å². The van der Waals surface area contributed by atoms with Crippen molar-refractivity contribution in [2.75, 3.05) is 13.1 Å². The second kappa shape index (κ2) is 8.23. The van der Waals surface area contributed by atoms with Crippen molar-refractivity contribution in [2.24, 2.45) is 0 Å². The molecule has 1 aromatic heterocycles. The minimum Gasteiger partial charge on any atom is -0.444 e. The normalized spacial score (nSPS) is 15.3. The van der Waals surface area contributed by atoms with Crippen molar-refractivity contribution in [1.82, 2.24) is 25.2 Å². The van der Waals surface area contributed by atoms with Gasteiger partial charge in [-0.25, -0.2) is 9.48 Å². The maximum absolute atomic E-state index is 12.8. The van der Waals surface area contributed by atoms with Gasteiger partial charge in [-0.2, -0.15) is 0 Å². The van der Waals surface area contributed by atoms with Crippen molar-refractivity contribution < 1.29 is 14.3 Å². The van der Waals surface area contributed by atoms with E-state index >= 15 is 0 Å². The van der Waals surface area contributed by atoms with Gasteiger partial charge in [0, 0.05) is 19.1 Å². The van der Waals surface area contributed by atoms with Crippen LogP contribution in [0.2, 0.25) is 0 Å². The summed E-state index contributed by atoms with van der Waals surface area (Å²) in [5, 5.41) is 11.0. The largest absolute Gasteiger partial charge is 0.444 e. The molecule has 2 aromatic rings.